The largest absolute Gasteiger partial charge is 0.352 e. The highest BCUT2D eigenvalue weighted by atomic mass is 15.4. The summed E-state index contributed by atoms with van der Waals surface area (Å²) in [4.78, 5) is 10.0. The fourth-order valence-corrected chi connectivity index (χ4v) is 6.21. The highest BCUT2D eigenvalue weighted by molar-refractivity contribution is 5.83. The first kappa shape index (κ1) is 24.4. The molecule has 2 heterocycles. The molecule has 0 aromatic heterocycles. The summed E-state index contributed by atoms with van der Waals surface area (Å²) in [5, 5.41) is 0. The van der Waals surface area contributed by atoms with Crippen LogP contribution in [-0.4, -0.2) is 26.4 Å². The number of nitrogens with zero attached hydrogens (tertiary/aromatic N) is 4. The van der Waals surface area contributed by atoms with Crippen molar-refractivity contribution >= 4 is 34.1 Å². The van der Waals surface area contributed by atoms with Crippen LogP contribution in [0.4, 0.5) is 34.1 Å². The average molecular weight is 503 g/mol. The van der Waals surface area contributed by atoms with Crippen LogP contribution in [-0.2, 0) is 0 Å². The monoisotopic (exact) mass is 502 g/mol. The number of aryl methyl sites for hydroxylation is 4. The first-order valence-corrected chi connectivity index (χ1v) is 13.9. The van der Waals surface area contributed by atoms with Gasteiger partial charge in [0.15, 0.2) is 0 Å². The molecule has 6 rings (SSSR count). The lowest BCUT2D eigenvalue weighted by atomic mass is 10.1. The standard InChI is InChI=1S/C34H38N4/c1-25-17-26(2)20-29(19-25)37-23-35(31-11-5-7-13-33(31)37)15-9-10-16-36-24-38(34-14-8-6-12-32(34)36)30-21-27(3)18-28(4)22-30/h5-8,11-14,17-22H,9-10,15-16,23-24H2,1-4H3. The molecule has 0 bridgehead atoms. The molecule has 0 saturated heterocycles. The molecule has 0 atom stereocenters. The van der Waals surface area contributed by atoms with Crippen LogP contribution in [0.2, 0.25) is 0 Å². The SMILES string of the molecule is Cc1cc(C)cc(N2CN(CCCCN3CN(c4cc(C)cc(C)c4)c4ccccc43)c3ccccc32)c1. The lowest BCUT2D eigenvalue weighted by molar-refractivity contribution is 0.678. The Morgan fingerprint density at radius 1 is 0.474 bits per heavy atom. The number of rotatable bonds is 7. The molecule has 0 spiro atoms. The highest BCUT2D eigenvalue weighted by Gasteiger charge is 2.28. The number of anilines is 6. The second-order valence-corrected chi connectivity index (χ2v) is 11.0. The van der Waals surface area contributed by atoms with E-state index in [2.05, 4.69) is 132 Å². The molecular formula is C34H38N4. The van der Waals surface area contributed by atoms with Gasteiger partial charge in [0.1, 0.15) is 0 Å². The van der Waals surface area contributed by atoms with Crippen LogP contribution in [0.15, 0.2) is 84.9 Å². The Bertz CT molecular complexity index is 1310. The average Bonchev–Trinajstić information content (AvgIpc) is 3.44. The molecule has 0 amide bonds. The molecule has 0 radical (unpaired) electrons. The van der Waals surface area contributed by atoms with Gasteiger partial charge in [-0.05, 0) is 111 Å². The molecule has 0 fully saturated rings. The Kier molecular flexibility index (Phi) is 6.49. The van der Waals surface area contributed by atoms with Crippen LogP contribution < -0.4 is 19.6 Å². The Morgan fingerprint density at radius 3 is 1.18 bits per heavy atom. The second kappa shape index (κ2) is 10.1. The maximum atomic E-state index is 2.55. The van der Waals surface area contributed by atoms with Gasteiger partial charge in [-0.3, -0.25) is 0 Å². The van der Waals surface area contributed by atoms with E-state index in [1.54, 1.807) is 0 Å². The zero-order valence-corrected chi connectivity index (χ0v) is 23.1. The van der Waals surface area contributed by atoms with Crippen LogP contribution in [0.5, 0.6) is 0 Å². The predicted octanol–water partition coefficient (Wildman–Crippen LogP) is 8.23. The van der Waals surface area contributed by atoms with Crippen molar-refractivity contribution in [2.24, 2.45) is 0 Å². The van der Waals surface area contributed by atoms with E-state index in [9.17, 15) is 0 Å². The molecule has 0 saturated carbocycles. The lowest BCUT2D eigenvalue weighted by Gasteiger charge is -2.24. The van der Waals surface area contributed by atoms with Gasteiger partial charge in [0.05, 0.1) is 36.1 Å². The van der Waals surface area contributed by atoms with E-state index in [0.717, 1.165) is 39.3 Å². The quantitative estimate of drug-likeness (QED) is 0.236. The van der Waals surface area contributed by atoms with Crippen molar-refractivity contribution in [3.63, 3.8) is 0 Å². The molecule has 0 N–H and O–H groups in total. The van der Waals surface area contributed by atoms with Crippen molar-refractivity contribution in [1.29, 1.82) is 0 Å². The molecule has 2 aliphatic rings. The molecule has 4 aromatic rings. The first-order chi connectivity index (χ1) is 18.5. The summed E-state index contributed by atoms with van der Waals surface area (Å²) in [6.07, 6.45) is 2.33. The number of unbranched alkanes of at least 4 members (excludes halogenated alkanes) is 1. The van der Waals surface area contributed by atoms with Crippen LogP contribution in [0.1, 0.15) is 35.1 Å². The van der Waals surface area contributed by atoms with Gasteiger partial charge in [-0.2, -0.15) is 0 Å². The molecular weight excluding hydrogens is 464 g/mol. The maximum absolute atomic E-state index is 2.55. The zero-order valence-electron chi connectivity index (χ0n) is 23.1. The van der Waals surface area contributed by atoms with Gasteiger partial charge in [-0.25, -0.2) is 0 Å². The molecule has 4 heteroatoms. The van der Waals surface area contributed by atoms with Crippen LogP contribution >= 0.6 is 0 Å². The Labute approximate surface area is 227 Å². The summed E-state index contributed by atoms with van der Waals surface area (Å²) in [5.74, 6) is 0. The van der Waals surface area contributed by atoms with Crippen LogP contribution in [0.3, 0.4) is 0 Å². The van der Waals surface area contributed by atoms with Crippen LogP contribution in [0, 0.1) is 27.7 Å². The van der Waals surface area contributed by atoms with Crippen molar-refractivity contribution in [3.05, 3.63) is 107 Å². The molecule has 4 nitrogen and oxygen atoms in total. The van der Waals surface area contributed by atoms with Gasteiger partial charge in [-0.1, -0.05) is 36.4 Å². The summed E-state index contributed by atoms with van der Waals surface area (Å²) in [6.45, 7) is 12.7. The van der Waals surface area contributed by atoms with Gasteiger partial charge in [0.2, 0.25) is 0 Å². The van der Waals surface area contributed by atoms with Gasteiger partial charge in [0.25, 0.3) is 0 Å². The van der Waals surface area contributed by atoms with E-state index in [1.165, 1.54) is 56.4 Å². The lowest BCUT2D eigenvalue weighted by Crippen LogP contribution is -2.31. The smallest absolute Gasteiger partial charge is 0.0953 e. The minimum absolute atomic E-state index is 0.912. The van der Waals surface area contributed by atoms with Gasteiger partial charge in [-0.15, -0.1) is 0 Å². The van der Waals surface area contributed by atoms with E-state index < -0.39 is 0 Å². The third kappa shape index (κ3) is 4.71. The summed E-state index contributed by atoms with van der Waals surface area (Å²) in [7, 11) is 0. The third-order valence-corrected chi connectivity index (χ3v) is 7.79. The predicted molar refractivity (Wildman–Crippen MR) is 163 cm³/mol. The van der Waals surface area contributed by atoms with E-state index in [-0.39, 0.29) is 0 Å². The normalized spacial score (nSPS) is 14.3. The highest BCUT2D eigenvalue weighted by Crippen LogP contribution is 2.42. The molecule has 194 valence electrons. The summed E-state index contributed by atoms with van der Waals surface area (Å²) in [5.41, 5.74) is 13.2. The van der Waals surface area contributed by atoms with Crippen molar-refractivity contribution < 1.29 is 0 Å². The number of hydrogen-bond donors (Lipinski definition) is 0. The minimum atomic E-state index is 0.912. The Hall–Kier alpha value is -3.92. The van der Waals surface area contributed by atoms with E-state index in [0.29, 0.717) is 0 Å². The zero-order chi connectivity index (χ0) is 26.2. The Morgan fingerprint density at radius 2 is 0.816 bits per heavy atom. The van der Waals surface area contributed by atoms with Crippen molar-refractivity contribution in [3.8, 4) is 0 Å². The first-order valence-electron chi connectivity index (χ1n) is 13.9. The fraction of sp³-hybridized carbons (Fsp3) is 0.294. The molecule has 38 heavy (non-hydrogen) atoms. The van der Waals surface area contributed by atoms with Gasteiger partial charge >= 0.3 is 0 Å². The van der Waals surface area contributed by atoms with E-state index in [1.807, 2.05) is 0 Å². The van der Waals surface area contributed by atoms with Crippen molar-refractivity contribution in [2.75, 3.05) is 46.0 Å². The maximum Gasteiger partial charge on any atom is 0.0953 e. The minimum Gasteiger partial charge on any atom is -0.352 e. The number of hydrogen-bond acceptors (Lipinski definition) is 4. The molecule has 0 aliphatic carbocycles. The number of benzene rings is 4. The number of para-hydroxylation sites is 4. The van der Waals surface area contributed by atoms with E-state index in [4.69, 9.17) is 0 Å². The third-order valence-electron chi connectivity index (χ3n) is 7.79. The summed E-state index contributed by atoms with van der Waals surface area (Å²) < 4.78 is 0. The second-order valence-electron chi connectivity index (χ2n) is 11.0. The van der Waals surface area contributed by atoms with Gasteiger partial charge < -0.3 is 19.6 Å². The molecule has 0 unspecified atom stereocenters. The molecule has 4 aromatic carbocycles. The topological polar surface area (TPSA) is 13.0 Å². The fourth-order valence-electron chi connectivity index (χ4n) is 6.21. The summed E-state index contributed by atoms with van der Waals surface area (Å²) >= 11 is 0. The van der Waals surface area contributed by atoms with E-state index >= 15 is 0 Å². The number of fused-ring (bicyclic) bond motifs is 2. The van der Waals surface area contributed by atoms with Crippen molar-refractivity contribution in [2.45, 2.75) is 40.5 Å². The van der Waals surface area contributed by atoms with Gasteiger partial charge in [0, 0.05) is 24.5 Å². The molecule has 2 aliphatic heterocycles. The summed E-state index contributed by atoms with van der Waals surface area (Å²) in [6, 6.07) is 31.4. The Balaban J connectivity index is 1.12. The van der Waals surface area contributed by atoms with Crippen molar-refractivity contribution in [1.82, 2.24) is 0 Å². The van der Waals surface area contributed by atoms with Crippen LogP contribution in [0.25, 0.3) is 0 Å².